The van der Waals surface area contributed by atoms with E-state index in [-0.39, 0.29) is 27.6 Å². The monoisotopic (exact) mass is 509 g/mol. The van der Waals surface area contributed by atoms with Gasteiger partial charge < -0.3 is 10.1 Å². The zero-order valence-electron chi connectivity index (χ0n) is 18.4. The van der Waals surface area contributed by atoms with Gasteiger partial charge in [0, 0.05) is 6.07 Å². The lowest BCUT2D eigenvalue weighted by Gasteiger charge is -2.26. The third kappa shape index (κ3) is 7.65. The molecule has 0 aromatic heterocycles. The Kier molecular flexibility index (Phi) is 8.63. The van der Waals surface area contributed by atoms with Crippen molar-refractivity contribution in [2.75, 3.05) is 5.32 Å². The van der Waals surface area contributed by atoms with Crippen molar-refractivity contribution in [3.63, 3.8) is 0 Å². The molecule has 1 unspecified atom stereocenters. The van der Waals surface area contributed by atoms with Crippen molar-refractivity contribution in [3.05, 3.63) is 58.6 Å². The Bertz CT molecular complexity index is 1020. The van der Waals surface area contributed by atoms with Gasteiger partial charge in [0.1, 0.15) is 5.75 Å². The predicted octanol–water partition coefficient (Wildman–Crippen LogP) is 6.93. The summed E-state index contributed by atoms with van der Waals surface area (Å²) in [5.74, 6) is -6.02. The molecule has 0 bridgehead atoms. The highest BCUT2D eigenvalue weighted by Gasteiger charge is 2.45. The molecule has 1 amide bonds. The molecule has 2 aromatic rings. The first-order chi connectivity index (χ1) is 15.6. The van der Waals surface area contributed by atoms with E-state index in [9.17, 15) is 35.9 Å². The summed E-state index contributed by atoms with van der Waals surface area (Å²) in [6.07, 6.45) is -10.5. The second-order valence-electron chi connectivity index (χ2n) is 8.05. The number of nitrogens with one attached hydrogen (secondary N) is 1. The van der Waals surface area contributed by atoms with E-state index in [1.165, 1.54) is 18.2 Å². The summed E-state index contributed by atoms with van der Waals surface area (Å²) in [4.78, 5) is 24.8. The Balaban J connectivity index is 2.36. The number of carbonyl (C=O) groups is 2. The molecule has 0 saturated heterocycles. The van der Waals surface area contributed by atoms with E-state index >= 15 is 0 Å². The van der Waals surface area contributed by atoms with Crippen LogP contribution in [0.2, 0.25) is 5.02 Å². The second kappa shape index (κ2) is 10.7. The van der Waals surface area contributed by atoms with E-state index in [0.29, 0.717) is 0 Å². The number of hydrogen-bond acceptors (Lipinski definition) is 3. The molecule has 0 fully saturated rings. The average Bonchev–Trinajstić information content (AvgIpc) is 2.70. The number of ether oxygens (including phenoxy) is 1. The van der Waals surface area contributed by atoms with Crippen molar-refractivity contribution >= 4 is 29.2 Å². The van der Waals surface area contributed by atoms with Crippen LogP contribution in [0.1, 0.15) is 37.8 Å². The lowest BCUT2D eigenvalue weighted by atomic mass is 9.85. The minimum Gasteiger partial charge on any atom is -0.426 e. The minimum atomic E-state index is -4.77. The SMILES string of the molecule is CC(C)C(=O)Oc1ccc(Cl)c(NC(=O)[C@H](c2ccc(CC(F)(F)F)cc2)C(C)C(F)(F)F)c1. The Morgan fingerprint density at radius 1 is 0.971 bits per heavy atom. The van der Waals surface area contributed by atoms with Gasteiger partial charge in [0.05, 0.1) is 34.9 Å². The first-order valence-corrected chi connectivity index (χ1v) is 10.5. The zero-order chi connectivity index (χ0) is 25.8. The van der Waals surface area contributed by atoms with Crippen LogP contribution in [0.4, 0.5) is 32.0 Å². The van der Waals surface area contributed by atoms with Gasteiger partial charge in [-0.15, -0.1) is 0 Å². The molecule has 4 nitrogen and oxygen atoms in total. The van der Waals surface area contributed by atoms with Gasteiger partial charge in [-0.3, -0.25) is 9.59 Å². The van der Waals surface area contributed by atoms with Gasteiger partial charge >= 0.3 is 18.3 Å². The normalized spacial score (nSPS) is 14.0. The van der Waals surface area contributed by atoms with Crippen LogP contribution >= 0.6 is 11.6 Å². The van der Waals surface area contributed by atoms with Gasteiger partial charge in [-0.1, -0.05) is 56.6 Å². The molecule has 186 valence electrons. The molecule has 2 rings (SSSR count). The van der Waals surface area contributed by atoms with Crippen LogP contribution in [0, 0.1) is 11.8 Å². The lowest BCUT2D eigenvalue weighted by molar-refractivity contribution is -0.178. The number of hydrogen-bond donors (Lipinski definition) is 1. The molecule has 0 aliphatic rings. The van der Waals surface area contributed by atoms with Gasteiger partial charge in [0.2, 0.25) is 5.91 Å². The van der Waals surface area contributed by atoms with E-state index in [4.69, 9.17) is 16.3 Å². The topological polar surface area (TPSA) is 55.4 Å². The van der Waals surface area contributed by atoms with Crippen molar-refractivity contribution in [3.8, 4) is 5.75 Å². The van der Waals surface area contributed by atoms with Crippen LogP contribution in [0.3, 0.4) is 0 Å². The number of anilines is 1. The highest BCUT2D eigenvalue weighted by Crippen LogP contribution is 2.39. The largest absolute Gasteiger partial charge is 0.426 e. The smallest absolute Gasteiger partial charge is 0.393 e. The summed E-state index contributed by atoms with van der Waals surface area (Å²) in [5.41, 5.74) is -0.363. The molecular weight excluding hydrogens is 488 g/mol. The Morgan fingerprint density at radius 2 is 1.56 bits per heavy atom. The summed E-state index contributed by atoms with van der Waals surface area (Å²) in [6.45, 7) is 4.00. The van der Waals surface area contributed by atoms with Gasteiger partial charge in [-0.2, -0.15) is 26.3 Å². The quantitative estimate of drug-likeness (QED) is 0.250. The van der Waals surface area contributed by atoms with Gasteiger partial charge in [0.25, 0.3) is 0 Å². The Labute approximate surface area is 197 Å². The molecule has 0 saturated carbocycles. The fraction of sp³-hybridized carbons (Fsp3) is 0.391. The fourth-order valence-corrected chi connectivity index (χ4v) is 3.20. The molecular formula is C23H22ClF6NO3. The molecule has 0 heterocycles. The van der Waals surface area contributed by atoms with Crippen molar-refractivity contribution in [1.82, 2.24) is 0 Å². The van der Waals surface area contributed by atoms with E-state index in [2.05, 4.69) is 5.32 Å². The lowest BCUT2D eigenvalue weighted by Crippen LogP contribution is -2.34. The van der Waals surface area contributed by atoms with Crippen LogP contribution in [0.15, 0.2) is 42.5 Å². The third-order valence-electron chi connectivity index (χ3n) is 4.93. The average molecular weight is 510 g/mol. The summed E-state index contributed by atoms with van der Waals surface area (Å²) in [6, 6.07) is 8.05. The molecule has 0 aliphatic heterocycles. The molecule has 0 radical (unpaired) electrons. The zero-order valence-corrected chi connectivity index (χ0v) is 19.1. The first kappa shape index (κ1) is 27.5. The number of carbonyl (C=O) groups excluding carboxylic acids is 2. The third-order valence-corrected chi connectivity index (χ3v) is 5.26. The number of alkyl halides is 6. The van der Waals surface area contributed by atoms with E-state index in [1.54, 1.807) is 13.8 Å². The fourth-order valence-electron chi connectivity index (χ4n) is 3.04. The van der Waals surface area contributed by atoms with E-state index in [1.807, 2.05) is 0 Å². The molecule has 2 aromatic carbocycles. The molecule has 34 heavy (non-hydrogen) atoms. The van der Waals surface area contributed by atoms with Crippen molar-refractivity contribution < 1.29 is 40.7 Å². The summed E-state index contributed by atoms with van der Waals surface area (Å²) in [7, 11) is 0. The van der Waals surface area contributed by atoms with Crippen LogP contribution in [-0.4, -0.2) is 24.2 Å². The van der Waals surface area contributed by atoms with Crippen molar-refractivity contribution in [2.45, 2.75) is 45.5 Å². The number of amides is 1. The maximum Gasteiger partial charge on any atom is 0.393 e. The number of esters is 1. The maximum atomic E-state index is 13.5. The highest BCUT2D eigenvalue weighted by atomic mass is 35.5. The van der Waals surface area contributed by atoms with Crippen LogP contribution in [0.5, 0.6) is 5.75 Å². The van der Waals surface area contributed by atoms with Gasteiger partial charge in [-0.05, 0) is 23.3 Å². The second-order valence-corrected chi connectivity index (χ2v) is 8.46. The summed E-state index contributed by atoms with van der Waals surface area (Å²) in [5, 5.41) is 2.30. The molecule has 11 heteroatoms. The summed E-state index contributed by atoms with van der Waals surface area (Å²) < 4.78 is 83.5. The van der Waals surface area contributed by atoms with E-state index < -0.39 is 48.4 Å². The first-order valence-electron chi connectivity index (χ1n) is 10.1. The van der Waals surface area contributed by atoms with Gasteiger partial charge in [0.15, 0.2) is 0 Å². The standard InChI is InChI=1S/C23H22ClF6NO3/c1-12(2)21(33)34-16-8-9-17(24)18(10-16)31-20(32)19(13(3)23(28,29)30)15-6-4-14(5-7-15)11-22(25,26)27/h4-10,12-13,19H,11H2,1-3H3,(H,31,32)/t13?,19-/m0/s1. The van der Waals surface area contributed by atoms with Gasteiger partial charge in [-0.25, -0.2) is 0 Å². The van der Waals surface area contributed by atoms with Crippen LogP contribution in [0.25, 0.3) is 0 Å². The molecule has 2 atom stereocenters. The van der Waals surface area contributed by atoms with Crippen molar-refractivity contribution in [2.24, 2.45) is 11.8 Å². The highest BCUT2D eigenvalue weighted by molar-refractivity contribution is 6.33. The predicted molar refractivity (Wildman–Crippen MR) is 115 cm³/mol. The number of halogens is 7. The molecule has 1 N–H and O–H groups in total. The number of rotatable bonds is 7. The van der Waals surface area contributed by atoms with E-state index in [0.717, 1.165) is 31.2 Å². The maximum absolute atomic E-state index is 13.5. The number of benzene rings is 2. The molecule has 0 spiro atoms. The minimum absolute atomic E-state index is 0.0170. The molecule has 0 aliphatic carbocycles. The Hall–Kier alpha value is -2.75. The van der Waals surface area contributed by atoms with Crippen LogP contribution < -0.4 is 10.1 Å². The van der Waals surface area contributed by atoms with Crippen molar-refractivity contribution in [1.29, 1.82) is 0 Å². The summed E-state index contributed by atoms with van der Waals surface area (Å²) >= 11 is 6.06. The Morgan fingerprint density at radius 3 is 2.06 bits per heavy atom. The van der Waals surface area contributed by atoms with Crippen LogP contribution in [-0.2, 0) is 16.0 Å².